The predicted molar refractivity (Wildman–Crippen MR) is 193 cm³/mol. The highest BCUT2D eigenvalue weighted by Crippen LogP contribution is 2.60. The first kappa shape index (κ1) is 39.7. The lowest BCUT2D eigenvalue weighted by Crippen LogP contribution is -2.61. The largest absolute Gasteiger partial charge is 0.455 e. The van der Waals surface area contributed by atoms with Gasteiger partial charge in [-0.2, -0.15) is 0 Å². The van der Waals surface area contributed by atoms with Crippen LogP contribution in [0.3, 0.4) is 0 Å². The number of nitrogens with zero attached hydrogens (tertiary/aromatic N) is 2. The van der Waals surface area contributed by atoms with E-state index in [0.717, 1.165) is 0 Å². The molecule has 0 aromatic heterocycles. The van der Waals surface area contributed by atoms with Crippen molar-refractivity contribution in [3.63, 3.8) is 0 Å². The average Bonchev–Trinajstić information content (AvgIpc) is 3.63. The second kappa shape index (κ2) is 16.1. The number of carbonyl (C=O) groups excluding carboxylic acids is 4. The number of methoxy groups -OCH3 is 1. The maximum Gasteiger partial charge on any atom is 0.313 e. The van der Waals surface area contributed by atoms with E-state index in [9.17, 15) is 24.3 Å². The van der Waals surface area contributed by atoms with E-state index >= 15 is 0 Å². The summed E-state index contributed by atoms with van der Waals surface area (Å²) in [7, 11) is 1.50. The molecule has 1 aromatic rings. The van der Waals surface area contributed by atoms with Crippen LogP contribution >= 0.6 is 15.9 Å². The smallest absolute Gasteiger partial charge is 0.313 e. The third-order valence-corrected chi connectivity index (χ3v) is 10.8. The van der Waals surface area contributed by atoms with Crippen molar-refractivity contribution >= 4 is 39.6 Å². The van der Waals surface area contributed by atoms with Crippen molar-refractivity contribution in [1.82, 2.24) is 15.1 Å². The van der Waals surface area contributed by atoms with E-state index in [-0.39, 0.29) is 54.8 Å². The van der Waals surface area contributed by atoms with Gasteiger partial charge in [-0.1, -0.05) is 79.2 Å². The third kappa shape index (κ3) is 8.03. The van der Waals surface area contributed by atoms with E-state index in [2.05, 4.69) is 55.2 Å². The van der Waals surface area contributed by atoms with Gasteiger partial charge in [0.05, 0.1) is 37.2 Å². The summed E-state index contributed by atoms with van der Waals surface area (Å²) in [5.74, 6) is -3.76. The molecule has 0 radical (unpaired) electrons. The van der Waals surface area contributed by atoms with Gasteiger partial charge < -0.3 is 34.4 Å². The highest BCUT2D eigenvalue weighted by Gasteiger charge is 2.77. The fraction of sp³-hybridized carbons (Fsp3) is 0.632. The monoisotopic (exact) mass is 759 g/mol. The lowest BCUT2D eigenvalue weighted by molar-refractivity contribution is -0.163. The molecule has 1 unspecified atom stereocenters. The first-order valence-corrected chi connectivity index (χ1v) is 18.3. The summed E-state index contributed by atoms with van der Waals surface area (Å²) in [5.41, 5.74) is -1.44. The van der Waals surface area contributed by atoms with Gasteiger partial charge in [0.2, 0.25) is 17.7 Å². The molecular weight excluding hydrogens is 706 g/mol. The molecule has 11 nitrogen and oxygen atoms in total. The van der Waals surface area contributed by atoms with Crippen LogP contribution in [0.2, 0.25) is 0 Å². The number of aliphatic hydroxyl groups excluding tert-OH is 1. The van der Waals surface area contributed by atoms with Crippen LogP contribution in [0, 0.1) is 17.3 Å². The minimum Gasteiger partial charge on any atom is -0.455 e. The van der Waals surface area contributed by atoms with Crippen molar-refractivity contribution in [2.24, 2.45) is 17.3 Å². The number of aliphatic hydroxyl groups is 1. The molecule has 2 bridgehead atoms. The molecule has 3 fully saturated rings. The topological polar surface area (TPSA) is 135 Å². The molecule has 1 aromatic carbocycles. The number of nitrogens with one attached hydrogen (secondary N) is 1. The van der Waals surface area contributed by atoms with Gasteiger partial charge in [0.15, 0.2) is 0 Å². The number of fused-ring (bicyclic) bond motifs is 1. The summed E-state index contributed by atoms with van der Waals surface area (Å²) in [6.07, 6.45) is 3.27. The Morgan fingerprint density at radius 3 is 2.44 bits per heavy atom. The Morgan fingerprint density at radius 1 is 1.18 bits per heavy atom. The van der Waals surface area contributed by atoms with Crippen molar-refractivity contribution in [1.29, 1.82) is 0 Å². The number of hydrogen-bond donors (Lipinski definition) is 2. The Morgan fingerprint density at radius 2 is 1.86 bits per heavy atom. The van der Waals surface area contributed by atoms with E-state index in [1.54, 1.807) is 29.2 Å². The Balaban J connectivity index is 1.73. The third-order valence-electron chi connectivity index (χ3n) is 9.91. The van der Waals surface area contributed by atoms with Crippen molar-refractivity contribution in [3.05, 3.63) is 61.2 Å². The standard InChI is InChI=1S/C38H54BrN3O8/c1-9-11-17-27(44)40-26(22-48-8)30(24-15-13-12-14-16-24)49-35(47)28-29-33(45)41(19-20-43)32(38(29)21-25(39)31(28)50-38)34(46)42(18-10-2)37(6,7)23-36(3,4)5/h9-10,12-16,25-26,28-32,43H,1-2,11,17-23H2,3-8H3,(H,40,44)/t25?,26-,28+,29-,30-,31+,32+,38-/m1/s1. The summed E-state index contributed by atoms with van der Waals surface area (Å²) in [6, 6.07) is 7.23. The van der Waals surface area contributed by atoms with Crippen LogP contribution in [-0.4, -0.2) is 106 Å². The highest BCUT2D eigenvalue weighted by atomic mass is 79.9. The zero-order valence-corrected chi connectivity index (χ0v) is 31.8. The number of benzene rings is 1. The molecule has 276 valence electrons. The zero-order valence-electron chi connectivity index (χ0n) is 30.2. The SMILES string of the molecule is C=CCCC(=O)N[C@H](COC)[C@H](OC(=O)[C@@H]1[C@H]2O[C@@]3(CC2Br)[C@H](C(=O)N(CC=C)C(C)(C)CC(C)(C)C)N(CCO)C(=O)[C@@H]13)c1ccccc1. The fourth-order valence-corrected chi connectivity index (χ4v) is 9.40. The number of esters is 1. The van der Waals surface area contributed by atoms with Crippen LogP contribution < -0.4 is 5.32 Å². The van der Waals surface area contributed by atoms with E-state index < -0.39 is 59.1 Å². The average molecular weight is 761 g/mol. The molecule has 8 atom stereocenters. The summed E-state index contributed by atoms with van der Waals surface area (Å²) in [6.45, 7) is 17.7. The molecule has 0 saturated carbocycles. The maximum atomic E-state index is 14.8. The van der Waals surface area contributed by atoms with Crippen molar-refractivity contribution in [2.45, 2.75) is 101 Å². The minimum absolute atomic E-state index is 0.0506. The van der Waals surface area contributed by atoms with Gasteiger partial charge in [-0.3, -0.25) is 19.2 Å². The lowest BCUT2D eigenvalue weighted by Gasteiger charge is -2.45. The van der Waals surface area contributed by atoms with Crippen LogP contribution in [0.25, 0.3) is 0 Å². The van der Waals surface area contributed by atoms with Crippen LogP contribution in [0.1, 0.15) is 72.0 Å². The summed E-state index contributed by atoms with van der Waals surface area (Å²) in [4.78, 5) is 59.4. The number of allylic oxidation sites excluding steroid dienone is 1. The Kier molecular flexibility index (Phi) is 12.8. The maximum absolute atomic E-state index is 14.8. The molecule has 3 aliphatic rings. The number of alkyl halides is 1. The van der Waals surface area contributed by atoms with Gasteiger partial charge in [0, 0.05) is 37.0 Å². The number of amides is 3. The van der Waals surface area contributed by atoms with Gasteiger partial charge in [-0.05, 0) is 44.1 Å². The zero-order chi connectivity index (χ0) is 37.0. The fourth-order valence-electron chi connectivity index (χ4n) is 8.46. The molecule has 4 rings (SSSR count). The van der Waals surface area contributed by atoms with Crippen molar-refractivity contribution in [3.8, 4) is 0 Å². The molecular formula is C38H54BrN3O8. The van der Waals surface area contributed by atoms with Gasteiger partial charge in [-0.25, -0.2) is 0 Å². The number of β-amino-alcohol motifs (C(OH)–C–C–N with tert-alkyl or cyclic N) is 1. The first-order chi connectivity index (χ1) is 23.6. The van der Waals surface area contributed by atoms with Crippen molar-refractivity contribution in [2.75, 3.05) is 33.4 Å². The normalized spacial score (nSPS) is 27.0. The quantitative estimate of drug-likeness (QED) is 0.136. The number of likely N-dealkylation sites (tertiary alicyclic amines) is 1. The van der Waals surface area contributed by atoms with E-state index in [0.29, 0.717) is 24.8 Å². The second-order valence-corrected chi connectivity index (χ2v) is 16.6. The van der Waals surface area contributed by atoms with Crippen molar-refractivity contribution < 1.29 is 38.5 Å². The number of carbonyl (C=O) groups is 4. The molecule has 3 saturated heterocycles. The summed E-state index contributed by atoms with van der Waals surface area (Å²) >= 11 is 3.72. The lowest BCUT2D eigenvalue weighted by atomic mass is 9.70. The Hall–Kier alpha value is -3.06. The molecule has 3 amide bonds. The molecule has 3 heterocycles. The first-order valence-electron chi connectivity index (χ1n) is 17.4. The van der Waals surface area contributed by atoms with Crippen LogP contribution in [0.5, 0.6) is 0 Å². The van der Waals surface area contributed by atoms with Gasteiger partial charge >= 0.3 is 5.97 Å². The number of halogens is 1. The molecule has 1 spiro atoms. The van der Waals surface area contributed by atoms with E-state index in [4.69, 9.17) is 14.2 Å². The van der Waals surface area contributed by atoms with Crippen LogP contribution in [-0.2, 0) is 33.4 Å². The Bertz CT molecular complexity index is 1410. The predicted octanol–water partition coefficient (Wildman–Crippen LogP) is 4.34. The van der Waals surface area contributed by atoms with E-state index in [1.165, 1.54) is 12.0 Å². The van der Waals surface area contributed by atoms with Gasteiger partial charge in [0.25, 0.3) is 0 Å². The van der Waals surface area contributed by atoms with Gasteiger partial charge in [0.1, 0.15) is 17.7 Å². The number of ether oxygens (including phenoxy) is 3. The summed E-state index contributed by atoms with van der Waals surface area (Å²) in [5, 5.41) is 13.1. The molecule has 12 heteroatoms. The number of rotatable bonds is 17. The van der Waals surface area contributed by atoms with E-state index in [1.807, 2.05) is 32.0 Å². The van der Waals surface area contributed by atoms with Crippen LogP contribution in [0.15, 0.2) is 55.6 Å². The molecule has 3 aliphatic heterocycles. The minimum atomic E-state index is -1.34. The number of hydrogen-bond acceptors (Lipinski definition) is 8. The summed E-state index contributed by atoms with van der Waals surface area (Å²) < 4.78 is 18.4. The molecule has 0 aliphatic carbocycles. The Labute approximate surface area is 304 Å². The molecule has 2 N–H and O–H groups in total. The second-order valence-electron chi connectivity index (χ2n) is 15.4. The van der Waals surface area contributed by atoms with Crippen LogP contribution in [0.4, 0.5) is 0 Å². The highest BCUT2D eigenvalue weighted by molar-refractivity contribution is 9.09. The van der Waals surface area contributed by atoms with Gasteiger partial charge in [-0.15, -0.1) is 13.2 Å². The molecule has 50 heavy (non-hydrogen) atoms.